The zero-order chi connectivity index (χ0) is 25.2. The molecule has 0 heterocycles. The van der Waals surface area contributed by atoms with Crippen molar-refractivity contribution in [1.29, 1.82) is 0 Å². The third-order valence-electron chi connectivity index (χ3n) is 6.46. The number of benzene rings is 3. The van der Waals surface area contributed by atoms with Crippen LogP contribution >= 0.6 is 0 Å². The molecule has 180 valence electrons. The second-order valence-electron chi connectivity index (χ2n) is 9.33. The highest BCUT2D eigenvalue weighted by Crippen LogP contribution is 2.44. The van der Waals surface area contributed by atoms with Gasteiger partial charge in [0.15, 0.2) is 0 Å². The van der Waals surface area contributed by atoms with Crippen molar-refractivity contribution in [2.24, 2.45) is 0 Å². The highest BCUT2D eigenvalue weighted by Gasteiger charge is 2.42. The van der Waals surface area contributed by atoms with Crippen molar-refractivity contribution in [2.45, 2.75) is 37.8 Å². The van der Waals surface area contributed by atoms with E-state index in [0.717, 1.165) is 22.3 Å². The van der Waals surface area contributed by atoms with Crippen molar-refractivity contribution in [1.82, 2.24) is 10.6 Å². The first kappa shape index (κ1) is 24.0. The maximum absolute atomic E-state index is 13.3. The van der Waals surface area contributed by atoms with E-state index in [0.29, 0.717) is 5.56 Å². The minimum absolute atomic E-state index is 0.0902. The summed E-state index contributed by atoms with van der Waals surface area (Å²) in [7, 11) is 0. The smallest absolute Gasteiger partial charge is 0.408 e. The van der Waals surface area contributed by atoms with Gasteiger partial charge in [0, 0.05) is 5.92 Å². The van der Waals surface area contributed by atoms with E-state index < -0.39 is 29.0 Å². The maximum Gasteiger partial charge on any atom is 0.408 e. The topological polar surface area (TPSA) is 105 Å². The van der Waals surface area contributed by atoms with Crippen LogP contribution in [0, 0.1) is 0 Å². The molecule has 7 heteroatoms. The Morgan fingerprint density at radius 1 is 0.800 bits per heavy atom. The van der Waals surface area contributed by atoms with Crippen LogP contribution in [0.3, 0.4) is 0 Å². The molecule has 35 heavy (non-hydrogen) atoms. The van der Waals surface area contributed by atoms with Crippen molar-refractivity contribution >= 4 is 18.0 Å². The van der Waals surface area contributed by atoms with E-state index in [1.165, 1.54) is 20.8 Å². The molecule has 4 rings (SSSR count). The van der Waals surface area contributed by atoms with E-state index in [2.05, 4.69) is 22.8 Å². The van der Waals surface area contributed by atoms with Crippen molar-refractivity contribution in [3.05, 3.63) is 95.6 Å². The SMILES string of the molecule is CC(C)(NC(=O)C(C)(NC(=O)OCC1c2ccccc2-c2ccccc21)c1ccccc1)C(=O)O. The van der Waals surface area contributed by atoms with Crippen molar-refractivity contribution in [3.63, 3.8) is 0 Å². The van der Waals surface area contributed by atoms with Crippen LogP contribution < -0.4 is 10.6 Å². The van der Waals surface area contributed by atoms with E-state index in [4.69, 9.17) is 4.74 Å². The van der Waals surface area contributed by atoms with Crippen molar-refractivity contribution < 1.29 is 24.2 Å². The molecular formula is C28H28N2O5. The molecule has 7 nitrogen and oxygen atoms in total. The summed E-state index contributed by atoms with van der Waals surface area (Å²) in [5, 5.41) is 14.6. The average Bonchev–Trinajstić information content (AvgIpc) is 3.16. The number of rotatable bonds is 7. The number of hydrogen-bond donors (Lipinski definition) is 3. The van der Waals surface area contributed by atoms with Crippen LogP contribution in [0.5, 0.6) is 0 Å². The van der Waals surface area contributed by atoms with E-state index in [9.17, 15) is 19.5 Å². The fraction of sp³-hybridized carbons (Fsp3) is 0.250. The number of aliphatic carboxylic acids is 1. The lowest BCUT2D eigenvalue weighted by atomic mass is 9.89. The normalized spacial score (nSPS) is 14.3. The number of amides is 2. The highest BCUT2D eigenvalue weighted by atomic mass is 16.5. The summed E-state index contributed by atoms with van der Waals surface area (Å²) in [6.45, 7) is 4.38. The minimum atomic E-state index is -1.56. The molecule has 1 aliphatic carbocycles. The van der Waals surface area contributed by atoms with Gasteiger partial charge in [-0.3, -0.25) is 4.79 Å². The first-order chi connectivity index (χ1) is 16.6. The number of carboxylic acid groups (broad SMARTS) is 1. The molecule has 3 aromatic rings. The molecule has 1 atom stereocenters. The quantitative estimate of drug-likeness (QED) is 0.472. The number of hydrogen-bond acceptors (Lipinski definition) is 4. The molecule has 1 aliphatic rings. The second-order valence-corrected chi connectivity index (χ2v) is 9.33. The van der Waals surface area contributed by atoms with Gasteiger partial charge in [-0.15, -0.1) is 0 Å². The molecule has 0 fully saturated rings. The van der Waals surface area contributed by atoms with Gasteiger partial charge in [-0.1, -0.05) is 78.9 Å². The molecule has 0 bridgehead atoms. The van der Waals surface area contributed by atoms with Crippen LogP contribution in [-0.2, 0) is 19.9 Å². The van der Waals surface area contributed by atoms with Gasteiger partial charge in [-0.05, 0) is 48.6 Å². The Balaban J connectivity index is 1.55. The van der Waals surface area contributed by atoms with E-state index in [1.807, 2.05) is 36.4 Å². The summed E-state index contributed by atoms with van der Waals surface area (Å²) in [5.41, 5.74) is 1.78. The van der Waals surface area contributed by atoms with E-state index in [1.54, 1.807) is 30.3 Å². The Kier molecular flexibility index (Phi) is 6.35. The summed E-state index contributed by atoms with van der Waals surface area (Å²) >= 11 is 0. The zero-order valence-corrected chi connectivity index (χ0v) is 19.9. The fourth-order valence-electron chi connectivity index (χ4n) is 4.33. The average molecular weight is 473 g/mol. The molecule has 1 unspecified atom stereocenters. The van der Waals surface area contributed by atoms with Crippen LogP contribution in [0.15, 0.2) is 78.9 Å². The Hall–Kier alpha value is -4.13. The van der Waals surface area contributed by atoms with Gasteiger partial charge in [0.1, 0.15) is 17.7 Å². The van der Waals surface area contributed by atoms with Gasteiger partial charge in [0.25, 0.3) is 5.91 Å². The van der Waals surface area contributed by atoms with Gasteiger partial charge in [-0.25, -0.2) is 9.59 Å². The predicted molar refractivity (Wildman–Crippen MR) is 132 cm³/mol. The molecule has 0 aromatic heterocycles. The van der Waals surface area contributed by atoms with Crippen LogP contribution in [0.1, 0.15) is 43.4 Å². The number of carbonyl (C=O) groups excluding carboxylic acids is 2. The van der Waals surface area contributed by atoms with Gasteiger partial charge in [0.05, 0.1) is 0 Å². The van der Waals surface area contributed by atoms with Crippen LogP contribution in [0.25, 0.3) is 11.1 Å². The van der Waals surface area contributed by atoms with Crippen LogP contribution in [-0.4, -0.2) is 35.2 Å². The lowest BCUT2D eigenvalue weighted by Gasteiger charge is -2.33. The number of nitrogens with one attached hydrogen (secondary N) is 2. The standard InChI is InChI=1S/C28H28N2O5/c1-27(2,25(32)33)29-24(31)28(3,18-11-5-4-6-12-18)30-26(34)35-17-23-21-15-9-7-13-19(21)20-14-8-10-16-22(20)23/h4-16,23H,17H2,1-3H3,(H,29,31)(H,30,34)(H,32,33). The summed E-state index contributed by atoms with van der Waals surface area (Å²) in [6.07, 6.45) is -0.776. The summed E-state index contributed by atoms with van der Waals surface area (Å²) < 4.78 is 5.64. The molecule has 0 spiro atoms. The van der Waals surface area contributed by atoms with Gasteiger partial charge in [0.2, 0.25) is 0 Å². The molecule has 3 N–H and O–H groups in total. The number of carbonyl (C=O) groups is 3. The second kappa shape index (κ2) is 9.25. The summed E-state index contributed by atoms with van der Waals surface area (Å²) in [4.78, 5) is 37.8. The van der Waals surface area contributed by atoms with Crippen molar-refractivity contribution in [3.8, 4) is 11.1 Å². The third-order valence-corrected chi connectivity index (χ3v) is 6.46. The van der Waals surface area contributed by atoms with Gasteiger partial charge < -0.3 is 20.5 Å². The first-order valence-corrected chi connectivity index (χ1v) is 11.4. The molecule has 0 radical (unpaired) electrons. The van der Waals surface area contributed by atoms with E-state index in [-0.39, 0.29) is 12.5 Å². The Morgan fingerprint density at radius 2 is 1.31 bits per heavy atom. The Labute approximate surface area is 204 Å². The Bertz CT molecular complexity index is 1230. The maximum atomic E-state index is 13.3. The fourth-order valence-corrected chi connectivity index (χ4v) is 4.33. The van der Waals surface area contributed by atoms with Crippen molar-refractivity contribution in [2.75, 3.05) is 6.61 Å². The molecule has 3 aromatic carbocycles. The lowest BCUT2D eigenvalue weighted by molar-refractivity contribution is -0.147. The van der Waals surface area contributed by atoms with Gasteiger partial charge >= 0.3 is 12.1 Å². The number of carboxylic acids is 1. The van der Waals surface area contributed by atoms with Crippen LogP contribution in [0.2, 0.25) is 0 Å². The zero-order valence-electron chi connectivity index (χ0n) is 19.9. The molecule has 2 amide bonds. The first-order valence-electron chi connectivity index (χ1n) is 11.4. The summed E-state index contributed by atoms with van der Waals surface area (Å²) in [5.74, 6) is -1.98. The van der Waals surface area contributed by atoms with E-state index >= 15 is 0 Å². The Morgan fingerprint density at radius 3 is 1.86 bits per heavy atom. The number of alkyl carbamates (subject to hydrolysis) is 1. The molecular weight excluding hydrogens is 444 g/mol. The highest BCUT2D eigenvalue weighted by molar-refractivity contribution is 5.94. The summed E-state index contributed by atoms with van der Waals surface area (Å²) in [6, 6.07) is 24.7. The van der Waals surface area contributed by atoms with Crippen LogP contribution in [0.4, 0.5) is 4.79 Å². The molecule has 0 saturated heterocycles. The lowest BCUT2D eigenvalue weighted by Crippen LogP contribution is -2.60. The molecule has 0 saturated carbocycles. The minimum Gasteiger partial charge on any atom is -0.480 e. The number of fused-ring (bicyclic) bond motifs is 3. The van der Waals surface area contributed by atoms with Gasteiger partial charge in [-0.2, -0.15) is 0 Å². The number of ether oxygens (including phenoxy) is 1. The third kappa shape index (κ3) is 4.62. The largest absolute Gasteiger partial charge is 0.480 e. The monoisotopic (exact) mass is 472 g/mol. The predicted octanol–water partition coefficient (Wildman–Crippen LogP) is 4.42. The molecule has 0 aliphatic heterocycles.